The number of H-pyrrole nitrogens is 1. The van der Waals surface area contributed by atoms with Crippen molar-refractivity contribution in [3.8, 4) is 0 Å². The number of rotatable bonds is 5. The summed E-state index contributed by atoms with van der Waals surface area (Å²) in [5.74, 6) is 0.875. The van der Waals surface area contributed by atoms with E-state index in [1.54, 1.807) is 24.5 Å². The van der Waals surface area contributed by atoms with Crippen molar-refractivity contribution >= 4 is 28.8 Å². The van der Waals surface area contributed by atoms with Crippen LogP contribution in [-0.2, 0) is 6.42 Å². The molecule has 6 heteroatoms. The summed E-state index contributed by atoms with van der Waals surface area (Å²) in [5, 5.41) is 2.85. The van der Waals surface area contributed by atoms with Crippen LogP contribution < -0.4 is 5.32 Å². The normalized spacial score (nSPS) is 10.4. The number of carbonyl (C=O) groups excluding carboxylic acids is 1. The third-order valence-corrected chi connectivity index (χ3v) is 3.46. The Morgan fingerprint density at radius 2 is 2.41 bits per heavy atom. The first-order valence-corrected chi connectivity index (χ1v) is 6.47. The fourth-order valence-electron chi connectivity index (χ4n) is 1.42. The maximum atomic E-state index is 11.6. The molecule has 0 aliphatic rings. The quantitative estimate of drug-likeness (QED) is 0.820. The van der Waals surface area contributed by atoms with Crippen molar-refractivity contribution in [3.05, 3.63) is 39.6 Å². The number of aromatic amines is 1. The number of hydrogen-bond acceptors (Lipinski definition) is 3. The van der Waals surface area contributed by atoms with Crippen LogP contribution in [0.1, 0.15) is 21.9 Å². The third-order valence-electron chi connectivity index (χ3n) is 2.23. The summed E-state index contributed by atoms with van der Waals surface area (Å²) in [4.78, 5) is 19.4. The Bertz CT molecular complexity index is 481. The van der Waals surface area contributed by atoms with Crippen molar-refractivity contribution in [2.45, 2.75) is 12.8 Å². The largest absolute Gasteiger partial charge is 0.351 e. The van der Waals surface area contributed by atoms with Gasteiger partial charge < -0.3 is 10.3 Å². The first-order valence-electron chi connectivity index (χ1n) is 5.27. The highest BCUT2D eigenvalue weighted by Crippen LogP contribution is 2.20. The first kappa shape index (κ1) is 12.1. The first-order chi connectivity index (χ1) is 8.25. The Morgan fingerprint density at radius 1 is 1.53 bits per heavy atom. The zero-order chi connectivity index (χ0) is 12.1. The molecule has 0 aromatic carbocycles. The number of halogens is 1. The van der Waals surface area contributed by atoms with Crippen LogP contribution in [0.2, 0.25) is 4.34 Å². The van der Waals surface area contributed by atoms with Crippen molar-refractivity contribution in [2.75, 3.05) is 6.54 Å². The van der Waals surface area contributed by atoms with Crippen LogP contribution >= 0.6 is 22.9 Å². The van der Waals surface area contributed by atoms with Crippen LogP contribution in [-0.4, -0.2) is 22.4 Å². The van der Waals surface area contributed by atoms with Crippen LogP contribution in [0.5, 0.6) is 0 Å². The molecule has 0 fully saturated rings. The van der Waals surface area contributed by atoms with Gasteiger partial charge in [0.1, 0.15) is 5.82 Å². The van der Waals surface area contributed by atoms with E-state index in [0.29, 0.717) is 15.8 Å². The van der Waals surface area contributed by atoms with Crippen LogP contribution in [0.25, 0.3) is 0 Å². The van der Waals surface area contributed by atoms with Gasteiger partial charge in [0.05, 0.1) is 9.21 Å². The number of nitrogens with zero attached hydrogens (tertiary/aromatic N) is 1. The molecule has 2 heterocycles. The van der Waals surface area contributed by atoms with Gasteiger partial charge in [-0.3, -0.25) is 4.79 Å². The summed E-state index contributed by atoms with van der Waals surface area (Å²) in [6.07, 6.45) is 5.21. The molecule has 2 aromatic rings. The number of carbonyl (C=O) groups is 1. The third kappa shape index (κ3) is 3.57. The van der Waals surface area contributed by atoms with E-state index >= 15 is 0 Å². The van der Waals surface area contributed by atoms with Gasteiger partial charge in [-0.2, -0.15) is 0 Å². The highest BCUT2D eigenvalue weighted by atomic mass is 35.5. The second-order valence-corrected chi connectivity index (χ2v) is 5.21. The van der Waals surface area contributed by atoms with Crippen LogP contribution in [0.3, 0.4) is 0 Å². The second-order valence-electron chi connectivity index (χ2n) is 3.50. The number of thiophene rings is 1. The lowest BCUT2D eigenvalue weighted by Crippen LogP contribution is -2.23. The Labute approximate surface area is 108 Å². The van der Waals surface area contributed by atoms with Gasteiger partial charge >= 0.3 is 0 Å². The van der Waals surface area contributed by atoms with Crippen LogP contribution in [0.4, 0.5) is 0 Å². The van der Waals surface area contributed by atoms with Crippen molar-refractivity contribution < 1.29 is 4.79 Å². The van der Waals surface area contributed by atoms with Crippen molar-refractivity contribution in [2.24, 2.45) is 0 Å². The van der Waals surface area contributed by atoms with E-state index in [4.69, 9.17) is 11.6 Å². The zero-order valence-electron chi connectivity index (χ0n) is 9.07. The highest BCUT2D eigenvalue weighted by Gasteiger charge is 2.07. The molecule has 0 spiro atoms. The minimum absolute atomic E-state index is 0.0682. The van der Waals surface area contributed by atoms with Crippen LogP contribution in [0, 0.1) is 0 Å². The fraction of sp³-hybridized carbons (Fsp3) is 0.273. The molecule has 2 aromatic heterocycles. The van der Waals surface area contributed by atoms with Gasteiger partial charge in [0, 0.05) is 25.4 Å². The van der Waals surface area contributed by atoms with Gasteiger partial charge in [0.15, 0.2) is 0 Å². The molecule has 0 aliphatic heterocycles. The Kier molecular flexibility index (Phi) is 4.17. The standard InChI is InChI=1S/C11H12ClN3OS/c12-9-4-3-8(17-9)11(16)15-5-1-2-10-13-6-7-14-10/h3-4,6-7H,1-2,5H2,(H,13,14)(H,15,16). The van der Waals surface area contributed by atoms with Gasteiger partial charge in [0.2, 0.25) is 0 Å². The number of amides is 1. The van der Waals surface area contributed by atoms with Crippen LogP contribution in [0.15, 0.2) is 24.5 Å². The van der Waals surface area contributed by atoms with Gasteiger partial charge in [-0.25, -0.2) is 4.98 Å². The number of aryl methyl sites for hydroxylation is 1. The number of hydrogen-bond donors (Lipinski definition) is 2. The average Bonchev–Trinajstić information content (AvgIpc) is 2.95. The molecule has 17 heavy (non-hydrogen) atoms. The smallest absolute Gasteiger partial charge is 0.261 e. The predicted octanol–water partition coefficient (Wildman–Crippen LogP) is 2.49. The highest BCUT2D eigenvalue weighted by molar-refractivity contribution is 7.17. The van der Waals surface area contributed by atoms with E-state index in [0.717, 1.165) is 18.7 Å². The number of nitrogens with one attached hydrogen (secondary N) is 2. The molecule has 2 rings (SSSR count). The average molecular weight is 270 g/mol. The lowest BCUT2D eigenvalue weighted by atomic mass is 10.3. The maximum Gasteiger partial charge on any atom is 0.261 e. The molecule has 0 saturated heterocycles. The van der Waals surface area contributed by atoms with E-state index in [1.165, 1.54) is 11.3 Å². The lowest BCUT2D eigenvalue weighted by molar-refractivity contribution is 0.0957. The maximum absolute atomic E-state index is 11.6. The predicted molar refractivity (Wildman–Crippen MR) is 68.6 cm³/mol. The summed E-state index contributed by atoms with van der Waals surface area (Å²) in [6.45, 7) is 0.634. The summed E-state index contributed by atoms with van der Waals surface area (Å²) in [6, 6.07) is 3.46. The summed E-state index contributed by atoms with van der Waals surface area (Å²) < 4.78 is 0.630. The molecule has 90 valence electrons. The van der Waals surface area contributed by atoms with E-state index < -0.39 is 0 Å². The lowest BCUT2D eigenvalue weighted by Gasteiger charge is -2.02. The summed E-state index contributed by atoms with van der Waals surface area (Å²) >= 11 is 7.05. The van der Waals surface area contributed by atoms with E-state index in [2.05, 4.69) is 15.3 Å². The molecule has 0 unspecified atom stereocenters. The molecule has 0 radical (unpaired) electrons. The van der Waals surface area contributed by atoms with Gasteiger partial charge in [-0.1, -0.05) is 11.6 Å². The molecular weight excluding hydrogens is 258 g/mol. The minimum Gasteiger partial charge on any atom is -0.351 e. The van der Waals surface area contributed by atoms with E-state index in [9.17, 15) is 4.79 Å². The molecular formula is C11H12ClN3OS. The van der Waals surface area contributed by atoms with Gasteiger partial charge in [0.25, 0.3) is 5.91 Å². The molecule has 1 amide bonds. The summed E-state index contributed by atoms with van der Waals surface area (Å²) in [7, 11) is 0. The van der Waals surface area contributed by atoms with Crippen molar-refractivity contribution in [3.63, 3.8) is 0 Å². The molecule has 2 N–H and O–H groups in total. The molecule has 0 bridgehead atoms. The molecule has 4 nitrogen and oxygen atoms in total. The van der Waals surface area contributed by atoms with Crippen molar-refractivity contribution in [1.82, 2.24) is 15.3 Å². The molecule has 0 atom stereocenters. The van der Waals surface area contributed by atoms with Gasteiger partial charge in [-0.05, 0) is 18.6 Å². The van der Waals surface area contributed by atoms with Gasteiger partial charge in [-0.15, -0.1) is 11.3 Å². The SMILES string of the molecule is O=C(NCCCc1ncc[nH]1)c1ccc(Cl)s1. The Balaban J connectivity index is 1.70. The fourth-order valence-corrected chi connectivity index (χ4v) is 2.38. The zero-order valence-corrected chi connectivity index (χ0v) is 10.6. The van der Waals surface area contributed by atoms with E-state index in [-0.39, 0.29) is 5.91 Å². The number of imidazole rings is 1. The summed E-state index contributed by atoms with van der Waals surface area (Å²) in [5.41, 5.74) is 0. The Hall–Kier alpha value is -1.33. The Morgan fingerprint density at radius 3 is 3.06 bits per heavy atom. The van der Waals surface area contributed by atoms with E-state index in [1.807, 2.05) is 0 Å². The second kappa shape index (κ2) is 5.84. The number of aromatic nitrogens is 2. The molecule has 0 saturated carbocycles. The topological polar surface area (TPSA) is 57.8 Å². The molecule has 0 aliphatic carbocycles. The minimum atomic E-state index is -0.0682. The monoisotopic (exact) mass is 269 g/mol. The van der Waals surface area contributed by atoms with Crippen molar-refractivity contribution in [1.29, 1.82) is 0 Å².